The quantitative estimate of drug-likeness (QED) is 0.635. The summed E-state index contributed by atoms with van der Waals surface area (Å²) >= 11 is 0. The van der Waals surface area contributed by atoms with Crippen LogP contribution in [0.1, 0.15) is 39.0 Å². The van der Waals surface area contributed by atoms with E-state index in [4.69, 9.17) is 4.74 Å². The summed E-state index contributed by atoms with van der Waals surface area (Å²) in [6, 6.07) is 0.629. The number of fused-ring (bicyclic) bond motifs is 1. The second-order valence-corrected chi connectivity index (χ2v) is 5.76. The first kappa shape index (κ1) is 10.6. The van der Waals surface area contributed by atoms with Gasteiger partial charge in [-0.25, -0.2) is 0 Å². The summed E-state index contributed by atoms with van der Waals surface area (Å²) in [7, 11) is 0. The van der Waals surface area contributed by atoms with Crippen LogP contribution in [0.15, 0.2) is 0 Å². The maximum absolute atomic E-state index is 11.3. The van der Waals surface area contributed by atoms with Crippen molar-refractivity contribution >= 4 is 5.97 Å². The van der Waals surface area contributed by atoms with Gasteiger partial charge in [-0.3, -0.25) is 9.69 Å². The summed E-state index contributed by atoms with van der Waals surface area (Å²) in [6.07, 6.45) is 5.88. The van der Waals surface area contributed by atoms with E-state index in [-0.39, 0.29) is 12.1 Å². The topological polar surface area (TPSA) is 29.5 Å². The molecule has 0 amide bonds. The second kappa shape index (κ2) is 4.02. The Kier molecular flexibility index (Phi) is 2.66. The number of likely N-dealkylation sites (tertiary alicyclic amines) is 1. The number of piperidine rings is 1. The molecule has 16 heavy (non-hydrogen) atoms. The maximum atomic E-state index is 11.3. The van der Waals surface area contributed by atoms with Gasteiger partial charge in [0.25, 0.3) is 0 Å². The molecule has 3 nitrogen and oxygen atoms in total. The number of nitrogens with zero attached hydrogens (tertiary/aromatic N) is 1. The van der Waals surface area contributed by atoms with Crippen molar-refractivity contribution in [1.29, 1.82) is 0 Å². The molecule has 0 aromatic rings. The Morgan fingerprint density at radius 3 is 2.69 bits per heavy atom. The lowest BCUT2D eigenvalue weighted by molar-refractivity contribution is -0.141. The standard InChI is InChI=1S/C13H21NO2/c1-9-4-6-14(7-5-9)11-2-3-12-10(11)8-13(15)16-12/h9-12H,2-8H2,1H3. The van der Waals surface area contributed by atoms with Crippen LogP contribution in [0, 0.1) is 11.8 Å². The lowest BCUT2D eigenvalue weighted by Crippen LogP contribution is -2.43. The molecule has 0 spiro atoms. The van der Waals surface area contributed by atoms with E-state index in [0.29, 0.717) is 18.4 Å². The van der Waals surface area contributed by atoms with Crippen molar-refractivity contribution < 1.29 is 9.53 Å². The van der Waals surface area contributed by atoms with Crippen LogP contribution in [-0.2, 0) is 9.53 Å². The van der Waals surface area contributed by atoms with E-state index in [1.165, 1.54) is 32.4 Å². The van der Waals surface area contributed by atoms with Gasteiger partial charge in [0.05, 0.1) is 6.42 Å². The number of carbonyl (C=O) groups is 1. The summed E-state index contributed by atoms with van der Waals surface area (Å²) in [5, 5.41) is 0. The summed E-state index contributed by atoms with van der Waals surface area (Å²) in [5.74, 6) is 1.42. The van der Waals surface area contributed by atoms with Gasteiger partial charge in [0, 0.05) is 12.0 Å². The minimum atomic E-state index is 0.0325. The Balaban J connectivity index is 1.65. The fourth-order valence-electron chi connectivity index (χ4n) is 3.65. The van der Waals surface area contributed by atoms with Crippen molar-refractivity contribution in [2.45, 2.75) is 51.2 Å². The highest BCUT2D eigenvalue weighted by molar-refractivity contribution is 5.72. The highest BCUT2D eigenvalue weighted by Gasteiger charge is 2.47. The summed E-state index contributed by atoms with van der Waals surface area (Å²) < 4.78 is 5.36. The summed E-state index contributed by atoms with van der Waals surface area (Å²) in [4.78, 5) is 13.9. The van der Waals surface area contributed by atoms with Crippen molar-refractivity contribution in [3.63, 3.8) is 0 Å². The van der Waals surface area contributed by atoms with Crippen LogP contribution in [0.3, 0.4) is 0 Å². The Labute approximate surface area is 97.1 Å². The molecule has 3 aliphatic rings. The molecule has 0 aromatic carbocycles. The molecule has 90 valence electrons. The van der Waals surface area contributed by atoms with Crippen molar-refractivity contribution in [3.05, 3.63) is 0 Å². The molecule has 2 saturated heterocycles. The molecular formula is C13H21NO2. The van der Waals surface area contributed by atoms with E-state index < -0.39 is 0 Å². The molecule has 1 saturated carbocycles. The van der Waals surface area contributed by atoms with Crippen molar-refractivity contribution in [2.24, 2.45) is 11.8 Å². The van der Waals surface area contributed by atoms with Crippen LogP contribution in [-0.4, -0.2) is 36.1 Å². The third-order valence-corrected chi connectivity index (χ3v) is 4.69. The number of hydrogen-bond donors (Lipinski definition) is 0. The largest absolute Gasteiger partial charge is 0.462 e. The molecular weight excluding hydrogens is 202 g/mol. The molecule has 3 fully saturated rings. The minimum absolute atomic E-state index is 0.0325. The van der Waals surface area contributed by atoms with E-state index >= 15 is 0 Å². The summed E-state index contributed by atoms with van der Waals surface area (Å²) in [6.45, 7) is 4.80. The number of ether oxygens (including phenoxy) is 1. The third-order valence-electron chi connectivity index (χ3n) is 4.69. The van der Waals surface area contributed by atoms with Gasteiger partial charge in [-0.1, -0.05) is 6.92 Å². The fraction of sp³-hybridized carbons (Fsp3) is 0.923. The summed E-state index contributed by atoms with van der Waals surface area (Å²) in [5.41, 5.74) is 0. The van der Waals surface area contributed by atoms with Gasteiger partial charge in [0.1, 0.15) is 6.10 Å². The van der Waals surface area contributed by atoms with Gasteiger partial charge in [0.2, 0.25) is 0 Å². The van der Waals surface area contributed by atoms with E-state index in [0.717, 1.165) is 12.3 Å². The number of rotatable bonds is 1. The highest BCUT2D eigenvalue weighted by atomic mass is 16.6. The van der Waals surface area contributed by atoms with E-state index in [9.17, 15) is 4.79 Å². The number of carbonyl (C=O) groups excluding carboxylic acids is 1. The molecule has 0 bridgehead atoms. The van der Waals surface area contributed by atoms with Gasteiger partial charge in [0.15, 0.2) is 0 Å². The van der Waals surface area contributed by atoms with Crippen LogP contribution in [0.4, 0.5) is 0 Å². The SMILES string of the molecule is CC1CCN(C2CCC3OC(=O)CC32)CC1. The molecule has 3 rings (SSSR count). The van der Waals surface area contributed by atoms with Crippen LogP contribution in [0.25, 0.3) is 0 Å². The Morgan fingerprint density at radius 2 is 1.94 bits per heavy atom. The van der Waals surface area contributed by atoms with Gasteiger partial charge in [-0.15, -0.1) is 0 Å². The first-order chi connectivity index (χ1) is 7.74. The molecule has 0 radical (unpaired) electrons. The van der Waals surface area contributed by atoms with Crippen LogP contribution in [0.2, 0.25) is 0 Å². The average Bonchev–Trinajstić information content (AvgIpc) is 2.78. The van der Waals surface area contributed by atoms with Gasteiger partial charge in [-0.05, 0) is 44.7 Å². The highest BCUT2D eigenvalue weighted by Crippen LogP contribution is 2.40. The first-order valence-corrected chi connectivity index (χ1v) is 6.67. The molecule has 2 heterocycles. The van der Waals surface area contributed by atoms with Gasteiger partial charge in [-0.2, -0.15) is 0 Å². The normalized spacial score (nSPS) is 41.1. The Hall–Kier alpha value is -0.570. The number of hydrogen-bond acceptors (Lipinski definition) is 3. The van der Waals surface area contributed by atoms with Gasteiger partial charge >= 0.3 is 5.97 Å². The Bertz CT molecular complexity index is 284. The van der Waals surface area contributed by atoms with Crippen LogP contribution >= 0.6 is 0 Å². The molecule has 3 atom stereocenters. The molecule has 0 N–H and O–H groups in total. The first-order valence-electron chi connectivity index (χ1n) is 6.67. The van der Waals surface area contributed by atoms with Gasteiger partial charge < -0.3 is 4.74 Å². The third kappa shape index (κ3) is 1.75. The zero-order valence-corrected chi connectivity index (χ0v) is 10.0. The van der Waals surface area contributed by atoms with Crippen molar-refractivity contribution in [2.75, 3.05) is 13.1 Å². The molecule has 3 unspecified atom stereocenters. The van der Waals surface area contributed by atoms with E-state index in [1.807, 2.05) is 0 Å². The average molecular weight is 223 g/mol. The fourth-order valence-corrected chi connectivity index (χ4v) is 3.65. The van der Waals surface area contributed by atoms with Crippen molar-refractivity contribution in [1.82, 2.24) is 4.90 Å². The zero-order valence-electron chi connectivity index (χ0n) is 10.0. The number of esters is 1. The monoisotopic (exact) mass is 223 g/mol. The predicted molar refractivity (Wildman–Crippen MR) is 61.0 cm³/mol. The lowest BCUT2D eigenvalue weighted by Gasteiger charge is -2.36. The zero-order chi connectivity index (χ0) is 11.1. The molecule has 1 aliphatic carbocycles. The molecule has 2 aliphatic heterocycles. The maximum Gasteiger partial charge on any atom is 0.306 e. The van der Waals surface area contributed by atoms with E-state index in [1.54, 1.807) is 0 Å². The Morgan fingerprint density at radius 1 is 1.19 bits per heavy atom. The van der Waals surface area contributed by atoms with Crippen molar-refractivity contribution in [3.8, 4) is 0 Å². The smallest absolute Gasteiger partial charge is 0.306 e. The van der Waals surface area contributed by atoms with E-state index in [2.05, 4.69) is 11.8 Å². The second-order valence-electron chi connectivity index (χ2n) is 5.76. The van der Waals surface area contributed by atoms with Crippen LogP contribution in [0.5, 0.6) is 0 Å². The predicted octanol–water partition coefficient (Wildman–Crippen LogP) is 1.81. The lowest BCUT2D eigenvalue weighted by atomic mass is 9.93. The molecule has 3 heteroatoms. The van der Waals surface area contributed by atoms with Crippen LogP contribution < -0.4 is 0 Å². The molecule has 0 aromatic heterocycles. The minimum Gasteiger partial charge on any atom is -0.462 e.